The standard InChI is InChI=1S/C8H8N2.CH3B/c1-6-3-2-4-7-8(6)10-5-9-7;1-2/h2-5H,1H3,(H,9,10);1H3. The van der Waals surface area contributed by atoms with Gasteiger partial charge in [-0.2, -0.15) is 0 Å². The summed E-state index contributed by atoms with van der Waals surface area (Å²) in [6, 6.07) is 6.11. The van der Waals surface area contributed by atoms with Crippen LogP contribution in [0.3, 0.4) is 0 Å². The molecule has 0 atom stereocenters. The van der Waals surface area contributed by atoms with Crippen molar-refractivity contribution in [3.05, 3.63) is 30.1 Å². The molecule has 2 aromatic rings. The Morgan fingerprint density at radius 2 is 2.08 bits per heavy atom. The molecule has 2 nitrogen and oxygen atoms in total. The lowest BCUT2D eigenvalue weighted by molar-refractivity contribution is 1.34. The van der Waals surface area contributed by atoms with Gasteiger partial charge < -0.3 is 4.98 Å². The fourth-order valence-electron chi connectivity index (χ4n) is 1.11. The summed E-state index contributed by atoms with van der Waals surface area (Å²) in [6.07, 6.45) is 1.72. The van der Waals surface area contributed by atoms with Gasteiger partial charge in [-0.1, -0.05) is 19.0 Å². The van der Waals surface area contributed by atoms with Crippen molar-refractivity contribution in [2.75, 3.05) is 0 Å². The molecule has 60 valence electrons. The first-order valence-corrected chi connectivity index (χ1v) is 3.84. The smallest absolute Gasteiger partial charge is 0.0931 e. The van der Waals surface area contributed by atoms with E-state index in [0.717, 1.165) is 11.0 Å². The minimum atomic E-state index is 1.07. The average Bonchev–Trinajstić information content (AvgIpc) is 2.57. The number of nitrogens with one attached hydrogen (secondary N) is 1. The average molecular weight is 158 g/mol. The third-order valence-corrected chi connectivity index (χ3v) is 1.65. The van der Waals surface area contributed by atoms with E-state index in [9.17, 15) is 0 Å². The monoisotopic (exact) mass is 158 g/mol. The van der Waals surface area contributed by atoms with Gasteiger partial charge in [0.25, 0.3) is 0 Å². The molecule has 1 aromatic carbocycles. The predicted molar refractivity (Wildman–Crippen MR) is 52.4 cm³/mol. The third-order valence-electron chi connectivity index (χ3n) is 1.65. The first kappa shape index (κ1) is 8.85. The Morgan fingerprint density at radius 1 is 1.33 bits per heavy atom. The molecule has 0 fully saturated rings. The van der Waals surface area contributed by atoms with E-state index in [1.54, 1.807) is 6.33 Å². The molecule has 0 aliphatic carbocycles. The highest BCUT2D eigenvalue weighted by Crippen LogP contribution is 2.11. The van der Waals surface area contributed by atoms with Gasteiger partial charge in [0.15, 0.2) is 0 Å². The van der Waals surface area contributed by atoms with Gasteiger partial charge in [0.2, 0.25) is 0 Å². The van der Waals surface area contributed by atoms with E-state index in [1.165, 1.54) is 12.4 Å². The van der Waals surface area contributed by atoms with E-state index in [2.05, 4.69) is 30.8 Å². The number of hydrogen-bond acceptors (Lipinski definition) is 1. The molecule has 0 aliphatic rings. The van der Waals surface area contributed by atoms with Crippen molar-refractivity contribution >= 4 is 18.9 Å². The van der Waals surface area contributed by atoms with Gasteiger partial charge in [-0.25, -0.2) is 4.98 Å². The van der Waals surface area contributed by atoms with E-state index in [0.29, 0.717) is 0 Å². The molecule has 12 heavy (non-hydrogen) atoms. The topological polar surface area (TPSA) is 28.7 Å². The number of aryl methyl sites for hydroxylation is 1. The Kier molecular flexibility index (Phi) is 2.91. The highest BCUT2D eigenvalue weighted by Gasteiger charge is 1.95. The second-order valence-electron chi connectivity index (χ2n) is 2.37. The molecule has 1 heterocycles. The molecule has 2 rings (SSSR count). The Balaban J connectivity index is 0.000000336. The van der Waals surface area contributed by atoms with Gasteiger partial charge in [0.1, 0.15) is 0 Å². The molecule has 1 N–H and O–H groups in total. The van der Waals surface area contributed by atoms with Crippen LogP contribution in [0.5, 0.6) is 0 Å². The van der Waals surface area contributed by atoms with Gasteiger partial charge in [-0.15, -0.1) is 0 Å². The normalized spacial score (nSPS) is 9.17. The zero-order valence-electron chi connectivity index (χ0n) is 7.33. The number of hydrogen-bond donors (Lipinski definition) is 1. The van der Waals surface area contributed by atoms with Crippen molar-refractivity contribution in [1.82, 2.24) is 9.97 Å². The summed E-state index contributed by atoms with van der Waals surface area (Å²) >= 11 is 0. The largest absolute Gasteiger partial charge is 0.345 e. The minimum Gasteiger partial charge on any atom is -0.345 e. The van der Waals surface area contributed by atoms with Crippen molar-refractivity contribution in [2.45, 2.75) is 13.7 Å². The quantitative estimate of drug-likeness (QED) is 0.584. The Hall–Kier alpha value is -1.25. The molecule has 2 radical (unpaired) electrons. The molecule has 0 saturated carbocycles. The summed E-state index contributed by atoms with van der Waals surface area (Å²) in [5.74, 6) is 0. The maximum Gasteiger partial charge on any atom is 0.0931 e. The van der Waals surface area contributed by atoms with Crippen LogP contribution in [0.2, 0.25) is 6.82 Å². The molecule has 1 aromatic heterocycles. The zero-order valence-corrected chi connectivity index (χ0v) is 7.33. The van der Waals surface area contributed by atoms with E-state index in [1.807, 2.05) is 12.1 Å². The number of nitrogens with zero attached hydrogens (tertiary/aromatic N) is 1. The maximum absolute atomic E-state index is 4.50. The van der Waals surface area contributed by atoms with E-state index < -0.39 is 0 Å². The minimum absolute atomic E-state index is 1.07. The molecular weight excluding hydrogens is 147 g/mol. The third kappa shape index (κ3) is 1.50. The van der Waals surface area contributed by atoms with Crippen LogP contribution in [0.25, 0.3) is 11.0 Å². The van der Waals surface area contributed by atoms with E-state index in [-0.39, 0.29) is 0 Å². The van der Waals surface area contributed by atoms with Gasteiger partial charge in [0, 0.05) is 0 Å². The molecule has 0 amide bonds. The van der Waals surface area contributed by atoms with Crippen molar-refractivity contribution in [3.8, 4) is 0 Å². The van der Waals surface area contributed by atoms with Gasteiger partial charge in [-0.05, 0) is 18.6 Å². The maximum atomic E-state index is 4.50. The molecule has 0 bridgehead atoms. The van der Waals surface area contributed by atoms with E-state index in [4.69, 9.17) is 0 Å². The molecule has 0 saturated heterocycles. The molecule has 0 spiro atoms. The van der Waals surface area contributed by atoms with Crippen molar-refractivity contribution in [3.63, 3.8) is 0 Å². The SMILES string of the molecule is Cc1cccc2[nH]cnc12.[B]C. The lowest BCUT2D eigenvalue weighted by Gasteiger charge is -1.90. The number of aromatic amines is 1. The lowest BCUT2D eigenvalue weighted by atomic mass is 10.2. The Morgan fingerprint density at radius 3 is 2.75 bits per heavy atom. The number of fused-ring (bicyclic) bond motifs is 1. The number of H-pyrrole nitrogens is 1. The van der Waals surface area contributed by atoms with Crippen molar-refractivity contribution in [1.29, 1.82) is 0 Å². The fourth-order valence-corrected chi connectivity index (χ4v) is 1.11. The number of benzene rings is 1. The van der Waals surface area contributed by atoms with Crippen LogP contribution >= 0.6 is 0 Å². The predicted octanol–water partition coefficient (Wildman–Crippen LogP) is 2.07. The van der Waals surface area contributed by atoms with Gasteiger partial charge in [0.05, 0.1) is 25.2 Å². The molecular formula is C9H11BN2. The van der Waals surface area contributed by atoms with E-state index >= 15 is 0 Å². The molecule has 0 unspecified atom stereocenters. The highest BCUT2D eigenvalue weighted by molar-refractivity contribution is 6.05. The van der Waals surface area contributed by atoms with Crippen molar-refractivity contribution in [2.24, 2.45) is 0 Å². The van der Waals surface area contributed by atoms with Crippen molar-refractivity contribution < 1.29 is 0 Å². The van der Waals surface area contributed by atoms with Gasteiger partial charge >= 0.3 is 0 Å². The molecule has 0 aliphatic heterocycles. The highest BCUT2D eigenvalue weighted by atomic mass is 14.9. The first-order chi connectivity index (χ1) is 5.88. The zero-order chi connectivity index (χ0) is 8.97. The number of para-hydroxylation sites is 1. The van der Waals surface area contributed by atoms with Crippen LogP contribution in [0.15, 0.2) is 24.5 Å². The summed E-state index contributed by atoms with van der Waals surface area (Å²) in [5, 5.41) is 0. The number of imidazole rings is 1. The Labute approximate surface area is 73.4 Å². The fraction of sp³-hybridized carbons (Fsp3) is 0.222. The second-order valence-corrected chi connectivity index (χ2v) is 2.37. The summed E-state index contributed by atoms with van der Waals surface area (Å²) in [7, 11) is 4.50. The lowest BCUT2D eigenvalue weighted by Crippen LogP contribution is -1.73. The molecule has 3 heteroatoms. The summed E-state index contributed by atoms with van der Waals surface area (Å²) in [5.41, 5.74) is 3.40. The Bertz CT molecular complexity index is 354. The summed E-state index contributed by atoms with van der Waals surface area (Å²) in [4.78, 5) is 7.21. The van der Waals surface area contributed by atoms with Gasteiger partial charge in [-0.3, -0.25) is 0 Å². The van der Waals surface area contributed by atoms with Crippen LogP contribution in [-0.2, 0) is 0 Å². The first-order valence-electron chi connectivity index (χ1n) is 3.84. The number of rotatable bonds is 0. The summed E-state index contributed by atoms with van der Waals surface area (Å²) in [6.45, 7) is 3.56. The number of aromatic nitrogens is 2. The summed E-state index contributed by atoms with van der Waals surface area (Å²) < 4.78 is 0. The second kappa shape index (κ2) is 3.95. The van der Waals surface area contributed by atoms with Crippen LogP contribution in [-0.4, -0.2) is 17.8 Å². The van der Waals surface area contributed by atoms with Crippen LogP contribution < -0.4 is 0 Å². The van der Waals surface area contributed by atoms with Crippen LogP contribution in [0, 0.1) is 6.92 Å². The van der Waals surface area contributed by atoms with Crippen LogP contribution in [0.1, 0.15) is 5.56 Å². The van der Waals surface area contributed by atoms with Crippen LogP contribution in [0.4, 0.5) is 0 Å².